The fourth-order valence-electron chi connectivity index (χ4n) is 1.20. The predicted molar refractivity (Wildman–Crippen MR) is 62.3 cm³/mol. The predicted octanol–water partition coefficient (Wildman–Crippen LogP) is 3.12. The van der Waals surface area contributed by atoms with Gasteiger partial charge >= 0.3 is 0 Å². The highest BCUT2D eigenvalue weighted by Crippen LogP contribution is 2.20. The monoisotopic (exact) mass is 220 g/mol. The van der Waals surface area contributed by atoms with Crippen LogP contribution >= 0.6 is 9.24 Å². The van der Waals surface area contributed by atoms with Crippen LogP contribution in [0.2, 0.25) is 0 Å². The van der Waals surface area contributed by atoms with Gasteiger partial charge in [0.25, 0.3) is 0 Å². The fraction of sp³-hybridized carbons (Fsp3) is 0. The van der Waals surface area contributed by atoms with Crippen molar-refractivity contribution < 1.29 is 9.13 Å². The Morgan fingerprint density at radius 2 is 1.60 bits per heavy atom. The number of rotatable bonds is 2. The lowest BCUT2D eigenvalue weighted by Gasteiger charge is -2.07. The molecule has 1 atom stereocenters. The molecule has 2 rings (SSSR count). The van der Waals surface area contributed by atoms with E-state index in [1.54, 1.807) is 12.1 Å². The van der Waals surface area contributed by atoms with Gasteiger partial charge in [0, 0.05) is 5.30 Å². The molecule has 0 radical (unpaired) electrons. The van der Waals surface area contributed by atoms with E-state index in [1.807, 2.05) is 24.3 Å². The van der Waals surface area contributed by atoms with Crippen LogP contribution in [-0.4, -0.2) is 0 Å². The molecular weight excluding hydrogens is 210 g/mol. The van der Waals surface area contributed by atoms with Gasteiger partial charge in [-0.15, -0.1) is 9.24 Å². The number of halogens is 1. The molecule has 2 aromatic rings. The average molecular weight is 220 g/mol. The Labute approximate surface area is 90.1 Å². The first kappa shape index (κ1) is 10.1. The van der Waals surface area contributed by atoms with Crippen molar-refractivity contribution in [2.75, 3.05) is 0 Å². The van der Waals surface area contributed by atoms with E-state index in [0.717, 1.165) is 11.1 Å². The zero-order valence-electron chi connectivity index (χ0n) is 7.98. The van der Waals surface area contributed by atoms with Gasteiger partial charge < -0.3 is 4.74 Å². The van der Waals surface area contributed by atoms with E-state index < -0.39 is 0 Å². The third-order valence-electron chi connectivity index (χ3n) is 1.96. The average Bonchev–Trinajstić information content (AvgIpc) is 2.25. The molecule has 2 aromatic carbocycles. The summed E-state index contributed by atoms with van der Waals surface area (Å²) in [7, 11) is 2.59. The van der Waals surface area contributed by atoms with Crippen molar-refractivity contribution in [2.45, 2.75) is 0 Å². The molecule has 0 heterocycles. The van der Waals surface area contributed by atoms with Gasteiger partial charge in [0.2, 0.25) is 0 Å². The minimum atomic E-state index is -0.262. The van der Waals surface area contributed by atoms with Crippen LogP contribution < -0.4 is 10.0 Å². The molecule has 0 fully saturated rings. The van der Waals surface area contributed by atoms with Crippen LogP contribution in [0, 0.1) is 5.82 Å². The molecule has 0 saturated heterocycles. The second kappa shape index (κ2) is 4.41. The molecule has 0 aliphatic rings. The molecule has 0 saturated carbocycles. The van der Waals surface area contributed by atoms with Gasteiger partial charge in [-0.1, -0.05) is 18.2 Å². The molecule has 1 nitrogen and oxygen atoms in total. The van der Waals surface area contributed by atoms with E-state index in [0.29, 0.717) is 5.75 Å². The van der Waals surface area contributed by atoms with Gasteiger partial charge in [-0.25, -0.2) is 4.39 Å². The van der Waals surface area contributed by atoms with Crippen LogP contribution in [0.3, 0.4) is 0 Å². The first-order valence-electron chi connectivity index (χ1n) is 4.53. The van der Waals surface area contributed by atoms with Gasteiger partial charge in [0.1, 0.15) is 17.3 Å². The van der Waals surface area contributed by atoms with Crippen LogP contribution in [0.15, 0.2) is 48.5 Å². The molecule has 1 unspecified atom stereocenters. The highest BCUT2D eigenvalue weighted by molar-refractivity contribution is 7.27. The van der Waals surface area contributed by atoms with E-state index in [-0.39, 0.29) is 5.82 Å². The Hall–Kier alpha value is -1.40. The van der Waals surface area contributed by atoms with Crippen LogP contribution in [0.5, 0.6) is 11.5 Å². The summed E-state index contributed by atoms with van der Waals surface area (Å²) >= 11 is 0. The topological polar surface area (TPSA) is 9.23 Å². The number of hydrogen-bond donors (Lipinski definition) is 0. The van der Waals surface area contributed by atoms with E-state index in [9.17, 15) is 4.39 Å². The largest absolute Gasteiger partial charge is 0.457 e. The van der Waals surface area contributed by atoms with Crippen LogP contribution in [0.1, 0.15) is 0 Å². The third-order valence-corrected chi connectivity index (χ3v) is 2.44. The minimum Gasteiger partial charge on any atom is -0.457 e. The molecule has 0 spiro atoms. The Morgan fingerprint density at radius 3 is 2.27 bits per heavy atom. The maximum Gasteiger partial charge on any atom is 0.134 e. The summed E-state index contributed by atoms with van der Waals surface area (Å²) in [4.78, 5) is 0. The Kier molecular flexibility index (Phi) is 2.98. The van der Waals surface area contributed by atoms with E-state index in [1.165, 1.54) is 12.1 Å². The van der Waals surface area contributed by atoms with E-state index in [2.05, 4.69) is 9.24 Å². The van der Waals surface area contributed by atoms with Crippen LogP contribution in [-0.2, 0) is 0 Å². The van der Waals surface area contributed by atoms with E-state index in [4.69, 9.17) is 4.74 Å². The zero-order chi connectivity index (χ0) is 10.7. The maximum atomic E-state index is 12.6. The summed E-state index contributed by atoms with van der Waals surface area (Å²) in [6.45, 7) is 0. The van der Waals surface area contributed by atoms with Crippen molar-refractivity contribution in [1.82, 2.24) is 0 Å². The molecule has 76 valence electrons. The third kappa shape index (κ3) is 2.54. The van der Waals surface area contributed by atoms with Crippen LogP contribution in [0.4, 0.5) is 4.39 Å². The van der Waals surface area contributed by atoms with Crippen molar-refractivity contribution in [1.29, 1.82) is 0 Å². The van der Waals surface area contributed by atoms with Gasteiger partial charge in [0.15, 0.2) is 0 Å². The van der Waals surface area contributed by atoms with Gasteiger partial charge in [-0.2, -0.15) is 0 Å². The van der Waals surface area contributed by atoms with Crippen LogP contribution in [0.25, 0.3) is 0 Å². The summed E-state index contributed by atoms with van der Waals surface area (Å²) in [6.07, 6.45) is 0. The van der Waals surface area contributed by atoms with E-state index >= 15 is 0 Å². The van der Waals surface area contributed by atoms with Crippen molar-refractivity contribution in [3.05, 3.63) is 54.3 Å². The molecule has 0 aromatic heterocycles. The molecule has 0 bridgehead atoms. The number of benzene rings is 2. The highest BCUT2D eigenvalue weighted by Gasteiger charge is 1.99. The lowest BCUT2D eigenvalue weighted by Crippen LogP contribution is -1.96. The molecule has 3 heteroatoms. The lowest BCUT2D eigenvalue weighted by molar-refractivity contribution is 0.484. The summed E-state index contributed by atoms with van der Waals surface area (Å²) in [6, 6.07) is 13.6. The fourth-order valence-corrected chi connectivity index (χ4v) is 1.47. The second-order valence-electron chi connectivity index (χ2n) is 3.09. The summed E-state index contributed by atoms with van der Waals surface area (Å²) in [5.74, 6) is 1.13. The molecule has 15 heavy (non-hydrogen) atoms. The van der Waals surface area contributed by atoms with Crippen molar-refractivity contribution in [2.24, 2.45) is 0 Å². The lowest BCUT2D eigenvalue weighted by atomic mass is 10.3. The van der Waals surface area contributed by atoms with Crippen molar-refractivity contribution in [3.63, 3.8) is 0 Å². The second-order valence-corrected chi connectivity index (χ2v) is 3.72. The smallest absolute Gasteiger partial charge is 0.134 e. The van der Waals surface area contributed by atoms with Gasteiger partial charge in [-0.05, 0) is 30.3 Å². The minimum absolute atomic E-state index is 0.262. The number of para-hydroxylation sites is 1. The Bertz CT molecular complexity index is 453. The molecule has 0 N–H and O–H groups in total. The number of ether oxygens (including phenoxy) is 1. The quantitative estimate of drug-likeness (QED) is 0.706. The number of hydrogen-bond acceptors (Lipinski definition) is 1. The molecule has 0 aliphatic carbocycles. The molecule has 0 amide bonds. The highest BCUT2D eigenvalue weighted by atomic mass is 31.0. The summed E-state index contributed by atoms with van der Waals surface area (Å²) in [5, 5.41) is 0.974. The Morgan fingerprint density at radius 1 is 0.933 bits per heavy atom. The molecule has 0 aliphatic heterocycles. The summed E-state index contributed by atoms with van der Waals surface area (Å²) in [5.41, 5.74) is 0. The van der Waals surface area contributed by atoms with Crippen molar-refractivity contribution in [3.8, 4) is 11.5 Å². The van der Waals surface area contributed by atoms with Gasteiger partial charge in [-0.3, -0.25) is 0 Å². The Balaban J connectivity index is 2.22. The zero-order valence-corrected chi connectivity index (χ0v) is 9.14. The van der Waals surface area contributed by atoms with Crippen molar-refractivity contribution >= 4 is 14.5 Å². The SMILES string of the molecule is Fc1ccc(Oc2ccccc2P)cc1. The summed E-state index contributed by atoms with van der Waals surface area (Å²) < 4.78 is 18.2. The normalized spacial score (nSPS) is 10.0. The molecular formula is C12H10FOP. The first-order valence-corrected chi connectivity index (χ1v) is 5.11. The first-order chi connectivity index (χ1) is 7.25. The maximum absolute atomic E-state index is 12.6. The van der Waals surface area contributed by atoms with Gasteiger partial charge in [0.05, 0.1) is 0 Å². The standard InChI is InChI=1S/C12H10FOP/c13-9-5-7-10(8-6-9)14-11-3-1-2-4-12(11)15/h1-8H,15H2.